The maximum atomic E-state index is 5.82. The van der Waals surface area contributed by atoms with Crippen LogP contribution in [0.4, 0.5) is 0 Å². The van der Waals surface area contributed by atoms with E-state index >= 15 is 0 Å². The van der Waals surface area contributed by atoms with Crippen molar-refractivity contribution in [1.29, 1.82) is 0 Å². The van der Waals surface area contributed by atoms with Crippen molar-refractivity contribution in [3.8, 4) is 5.75 Å². The Labute approximate surface area is 112 Å². The summed E-state index contributed by atoms with van der Waals surface area (Å²) in [5.41, 5.74) is 1.59. The van der Waals surface area contributed by atoms with E-state index in [9.17, 15) is 0 Å². The normalized spacial score (nSPS) is 16.2. The fourth-order valence-electron chi connectivity index (χ4n) is 1.58. The van der Waals surface area contributed by atoms with Crippen LogP contribution in [0.2, 0.25) is 0 Å². The van der Waals surface area contributed by atoms with Gasteiger partial charge in [0.2, 0.25) is 0 Å². The minimum Gasteiger partial charge on any atom is -0.492 e. The summed E-state index contributed by atoms with van der Waals surface area (Å²) in [7, 11) is 0. The van der Waals surface area contributed by atoms with Gasteiger partial charge in [0.15, 0.2) is 0 Å². The minimum absolute atomic E-state index is 0.217. The van der Waals surface area contributed by atoms with Crippen molar-refractivity contribution >= 4 is 22.6 Å². The summed E-state index contributed by atoms with van der Waals surface area (Å²) in [5, 5.41) is 0. The number of rotatable bonds is 3. The Kier molecular flexibility index (Phi) is 3.48. The van der Waals surface area contributed by atoms with E-state index in [-0.39, 0.29) is 5.41 Å². The molecule has 16 heavy (non-hydrogen) atoms. The van der Waals surface area contributed by atoms with Gasteiger partial charge in [-0.15, -0.1) is 0 Å². The van der Waals surface area contributed by atoms with E-state index in [1.165, 1.54) is 22.0 Å². The molecule has 1 aromatic carbocycles. The van der Waals surface area contributed by atoms with Crippen LogP contribution in [0, 0.1) is 9.49 Å². The Bertz CT molecular complexity index is 375. The lowest BCUT2D eigenvalue weighted by Gasteiger charge is -2.20. The number of benzene rings is 1. The fourth-order valence-corrected chi connectivity index (χ4v) is 2.25. The lowest BCUT2D eigenvalue weighted by molar-refractivity contribution is 0.297. The van der Waals surface area contributed by atoms with Crippen molar-refractivity contribution in [2.45, 2.75) is 39.0 Å². The molecule has 0 radical (unpaired) electrons. The predicted octanol–water partition coefficient (Wildman–Crippen LogP) is 4.38. The molecule has 0 N–H and O–H groups in total. The van der Waals surface area contributed by atoms with Crippen LogP contribution in [0.25, 0.3) is 0 Å². The molecular weight excluding hydrogens is 311 g/mol. The molecule has 0 unspecified atom stereocenters. The van der Waals surface area contributed by atoms with Crippen LogP contribution in [0.3, 0.4) is 0 Å². The number of halogens is 1. The van der Waals surface area contributed by atoms with E-state index in [2.05, 4.69) is 61.6 Å². The van der Waals surface area contributed by atoms with E-state index in [0.29, 0.717) is 0 Å². The SMILES string of the molecule is CC(C)(C)c1ccc(OCC2CC2)c(I)c1. The van der Waals surface area contributed by atoms with Crippen LogP contribution < -0.4 is 4.74 Å². The van der Waals surface area contributed by atoms with Crippen molar-refractivity contribution in [1.82, 2.24) is 0 Å². The Balaban J connectivity index is 2.09. The second kappa shape index (κ2) is 4.55. The van der Waals surface area contributed by atoms with Crippen LogP contribution in [0.15, 0.2) is 18.2 Å². The molecule has 0 bridgehead atoms. The van der Waals surface area contributed by atoms with Gasteiger partial charge in [0.1, 0.15) is 5.75 Å². The van der Waals surface area contributed by atoms with Gasteiger partial charge in [-0.05, 0) is 64.5 Å². The van der Waals surface area contributed by atoms with Gasteiger partial charge in [0, 0.05) is 0 Å². The first-order valence-corrected chi connectivity index (χ1v) is 6.97. The number of ether oxygens (including phenoxy) is 1. The van der Waals surface area contributed by atoms with Crippen molar-refractivity contribution < 1.29 is 4.74 Å². The van der Waals surface area contributed by atoms with Gasteiger partial charge in [0.25, 0.3) is 0 Å². The van der Waals surface area contributed by atoms with E-state index in [4.69, 9.17) is 4.74 Å². The fraction of sp³-hybridized carbons (Fsp3) is 0.571. The third-order valence-corrected chi connectivity index (χ3v) is 3.81. The Morgan fingerprint density at radius 2 is 2.00 bits per heavy atom. The third kappa shape index (κ3) is 3.12. The Morgan fingerprint density at radius 3 is 2.50 bits per heavy atom. The van der Waals surface area contributed by atoms with E-state index in [1.807, 2.05) is 0 Å². The number of hydrogen-bond acceptors (Lipinski definition) is 1. The first-order valence-electron chi connectivity index (χ1n) is 5.89. The molecule has 0 saturated heterocycles. The molecule has 1 saturated carbocycles. The maximum absolute atomic E-state index is 5.82. The smallest absolute Gasteiger partial charge is 0.132 e. The van der Waals surface area contributed by atoms with Gasteiger partial charge in [-0.2, -0.15) is 0 Å². The lowest BCUT2D eigenvalue weighted by atomic mass is 9.87. The molecule has 2 rings (SSSR count). The topological polar surface area (TPSA) is 9.23 Å². The van der Waals surface area contributed by atoms with Crippen molar-refractivity contribution in [2.75, 3.05) is 6.61 Å². The van der Waals surface area contributed by atoms with Crippen molar-refractivity contribution in [3.05, 3.63) is 27.3 Å². The molecule has 0 aliphatic heterocycles. The van der Waals surface area contributed by atoms with Gasteiger partial charge in [0.05, 0.1) is 10.2 Å². The summed E-state index contributed by atoms with van der Waals surface area (Å²) in [4.78, 5) is 0. The number of hydrogen-bond donors (Lipinski definition) is 0. The molecule has 0 spiro atoms. The highest BCUT2D eigenvalue weighted by molar-refractivity contribution is 14.1. The summed E-state index contributed by atoms with van der Waals surface area (Å²) in [5.74, 6) is 1.86. The molecule has 0 amide bonds. The first kappa shape index (κ1) is 12.2. The van der Waals surface area contributed by atoms with Crippen LogP contribution in [-0.2, 0) is 5.41 Å². The quantitative estimate of drug-likeness (QED) is 0.748. The average Bonchev–Trinajstić information content (AvgIpc) is 2.98. The molecule has 1 nitrogen and oxygen atoms in total. The molecule has 2 heteroatoms. The summed E-state index contributed by atoms with van der Waals surface area (Å²) in [6.45, 7) is 7.61. The average molecular weight is 330 g/mol. The third-order valence-electron chi connectivity index (χ3n) is 2.97. The van der Waals surface area contributed by atoms with E-state index in [1.54, 1.807) is 0 Å². The molecule has 0 aromatic heterocycles. The molecule has 1 fully saturated rings. The summed E-state index contributed by atoms with van der Waals surface area (Å²) < 4.78 is 7.05. The van der Waals surface area contributed by atoms with Crippen LogP contribution >= 0.6 is 22.6 Å². The highest BCUT2D eigenvalue weighted by atomic mass is 127. The zero-order valence-corrected chi connectivity index (χ0v) is 12.4. The van der Waals surface area contributed by atoms with Crippen LogP contribution in [0.1, 0.15) is 39.2 Å². The van der Waals surface area contributed by atoms with Crippen molar-refractivity contribution in [3.63, 3.8) is 0 Å². The minimum atomic E-state index is 0.217. The zero-order chi connectivity index (χ0) is 11.8. The summed E-state index contributed by atoms with van der Waals surface area (Å²) >= 11 is 2.37. The van der Waals surface area contributed by atoms with Crippen molar-refractivity contribution in [2.24, 2.45) is 5.92 Å². The molecule has 0 atom stereocenters. The highest BCUT2D eigenvalue weighted by Crippen LogP contribution is 2.32. The molecule has 88 valence electrons. The largest absolute Gasteiger partial charge is 0.492 e. The van der Waals surface area contributed by atoms with Gasteiger partial charge >= 0.3 is 0 Å². The highest BCUT2D eigenvalue weighted by Gasteiger charge is 2.22. The second-order valence-corrected chi connectivity index (χ2v) is 6.81. The predicted molar refractivity (Wildman–Crippen MR) is 76.1 cm³/mol. The van der Waals surface area contributed by atoms with Gasteiger partial charge in [-0.25, -0.2) is 0 Å². The molecule has 0 heterocycles. The molecule has 1 aliphatic rings. The first-order chi connectivity index (χ1) is 7.47. The van der Waals surface area contributed by atoms with Gasteiger partial charge in [-0.1, -0.05) is 26.8 Å². The lowest BCUT2D eigenvalue weighted by Crippen LogP contribution is -2.11. The van der Waals surface area contributed by atoms with Gasteiger partial charge < -0.3 is 4.74 Å². The van der Waals surface area contributed by atoms with E-state index < -0.39 is 0 Å². The monoisotopic (exact) mass is 330 g/mol. The van der Waals surface area contributed by atoms with Crippen LogP contribution in [-0.4, -0.2) is 6.61 Å². The zero-order valence-electron chi connectivity index (χ0n) is 10.2. The summed E-state index contributed by atoms with van der Waals surface area (Å²) in [6, 6.07) is 6.54. The van der Waals surface area contributed by atoms with Gasteiger partial charge in [-0.3, -0.25) is 0 Å². The standard InChI is InChI=1S/C14H19IO/c1-14(2,3)11-6-7-13(12(15)8-11)16-9-10-4-5-10/h6-8,10H,4-5,9H2,1-3H3. The molecule has 1 aromatic rings. The van der Waals surface area contributed by atoms with E-state index in [0.717, 1.165) is 18.3 Å². The second-order valence-electron chi connectivity index (χ2n) is 5.65. The Hall–Kier alpha value is -0.250. The maximum Gasteiger partial charge on any atom is 0.132 e. The molecular formula is C14H19IO. The molecule has 1 aliphatic carbocycles. The van der Waals surface area contributed by atoms with Crippen LogP contribution in [0.5, 0.6) is 5.75 Å². The summed E-state index contributed by atoms with van der Waals surface area (Å²) in [6.07, 6.45) is 2.69. The Morgan fingerprint density at radius 1 is 1.31 bits per heavy atom.